The molecule has 1 saturated heterocycles. The van der Waals surface area contributed by atoms with E-state index in [9.17, 15) is 9.59 Å². The Morgan fingerprint density at radius 2 is 1.88 bits per heavy atom. The first-order chi connectivity index (χ1) is 12.0. The van der Waals surface area contributed by atoms with Gasteiger partial charge in [0.25, 0.3) is 0 Å². The SMILES string of the molecule is CNCCC1CCN(CC(=O)NC(=O)Nc2ccc(C)c(C)c2)CC1. The van der Waals surface area contributed by atoms with Crippen LogP contribution in [0.25, 0.3) is 0 Å². The zero-order valence-electron chi connectivity index (χ0n) is 15.5. The van der Waals surface area contributed by atoms with Crippen LogP contribution in [-0.4, -0.2) is 50.1 Å². The number of benzene rings is 1. The highest BCUT2D eigenvalue weighted by atomic mass is 16.2. The second-order valence-corrected chi connectivity index (χ2v) is 6.91. The first-order valence-electron chi connectivity index (χ1n) is 9.03. The molecule has 6 nitrogen and oxygen atoms in total. The van der Waals surface area contributed by atoms with E-state index in [1.807, 2.05) is 39.1 Å². The smallest absolute Gasteiger partial charge is 0.320 e. The monoisotopic (exact) mass is 346 g/mol. The van der Waals surface area contributed by atoms with Gasteiger partial charge in [0.05, 0.1) is 6.54 Å². The third kappa shape index (κ3) is 6.48. The van der Waals surface area contributed by atoms with E-state index in [2.05, 4.69) is 20.9 Å². The highest BCUT2D eigenvalue weighted by Gasteiger charge is 2.21. The van der Waals surface area contributed by atoms with Gasteiger partial charge in [-0.25, -0.2) is 4.79 Å². The van der Waals surface area contributed by atoms with Crippen molar-refractivity contribution in [3.8, 4) is 0 Å². The first-order valence-corrected chi connectivity index (χ1v) is 9.03. The van der Waals surface area contributed by atoms with Gasteiger partial charge in [-0.05, 0) is 89.0 Å². The van der Waals surface area contributed by atoms with Crippen LogP contribution in [0.15, 0.2) is 18.2 Å². The fourth-order valence-electron chi connectivity index (χ4n) is 3.13. The number of aryl methyl sites for hydroxylation is 2. The number of amides is 3. The van der Waals surface area contributed by atoms with Crippen molar-refractivity contribution in [2.75, 3.05) is 38.5 Å². The van der Waals surface area contributed by atoms with Gasteiger partial charge >= 0.3 is 6.03 Å². The van der Waals surface area contributed by atoms with E-state index in [-0.39, 0.29) is 12.5 Å². The van der Waals surface area contributed by atoms with Crippen LogP contribution >= 0.6 is 0 Å². The molecule has 1 aromatic rings. The molecule has 1 heterocycles. The van der Waals surface area contributed by atoms with Crippen molar-refractivity contribution in [1.29, 1.82) is 0 Å². The van der Waals surface area contributed by atoms with Gasteiger partial charge in [0.2, 0.25) is 5.91 Å². The molecule has 1 aliphatic heterocycles. The van der Waals surface area contributed by atoms with Gasteiger partial charge in [0.15, 0.2) is 0 Å². The second kappa shape index (κ2) is 9.53. The van der Waals surface area contributed by atoms with Crippen LogP contribution in [0.2, 0.25) is 0 Å². The first kappa shape index (κ1) is 19.4. The van der Waals surface area contributed by atoms with Crippen molar-refractivity contribution in [3.63, 3.8) is 0 Å². The molecule has 0 bridgehead atoms. The largest absolute Gasteiger partial charge is 0.325 e. The van der Waals surface area contributed by atoms with Gasteiger partial charge in [0.1, 0.15) is 0 Å². The van der Waals surface area contributed by atoms with Gasteiger partial charge in [-0.3, -0.25) is 15.0 Å². The molecule has 0 radical (unpaired) electrons. The summed E-state index contributed by atoms with van der Waals surface area (Å²) < 4.78 is 0. The maximum Gasteiger partial charge on any atom is 0.325 e. The van der Waals surface area contributed by atoms with Crippen molar-refractivity contribution >= 4 is 17.6 Å². The molecule has 2 rings (SSSR count). The van der Waals surface area contributed by atoms with Gasteiger partial charge < -0.3 is 10.6 Å². The van der Waals surface area contributed by atoms with E-state index in [0.29, 0.717) is 5.69 Å². The number of piperidine rings is 1. The van der Waals surface area contributed by atoms with Crippen molar-refractivity contribution < 1.29 is 9.59 Å². The quantitative estimate of drug-likeness (QED) is 0.739. The van der Waals surface area contributed by atoms with Crippen LogP contribution in [0.1, 0.15) is 30.4 Å². The molecule has 0 aliphatic carbocycles. The highest BCUT2D eigenvalue weighted by Crippen LogP contribution is 2.19. The molecule has 0 saturated carbocycles. The summed E-state index contributed by atoms with van der Waals surface area (Å²) in [7, 11) is 1.97. The van der Waals surface area contributed by atoms with Crippen molar-refractivity contribution in [1.82, 2.24) is 15.5 Å². The lowest BCUT2D eigenvalue weighted by atomic mass is 9.93. The third-order valence-electron chi connectivity index (χ3n) is 4.89. The molecule has 6 heteroatoms. The predicted molar refractivity (Wildman–Crippen MR) is 101 cm³/mol. The lowest BCUT2D eigenvalue weighted by Gasteiger charge is -2.31. The normalized spacial score (nSPS) is 15.8. The summed E-state index contributed by atoms with van der Waals surface area (Å²) in [6.45, 7) is 7.17. The van der Waals surface area contributed by atoms with Crippen molar-refractivity contribution in [3.05, 3.63) is 29.3 Å². The minimum absolute atomic E-state index is 0.255. The highest BCUT2D eigenvalue weighted by molar-refractivity contribution is 6.01. The summed E-state index contributed by atoms with van der Waals surface area (Å²) in [5, 5.41) is 8.31. The minimum Gasteiger partial charge on any atom is -0.320 e. The molecule has 1 fully saturated rings. The van der Waals surface area contributed by atoms with Gasteiger partial charge in [-0.1, -0.05) is 6.07 Å². The molecule has 138 valence electrons. The number of nitrogens with zero attached hydrogens (tertiary/aromatic N) is 1. The van der Waals surface area contributed by atoms with Gasteiger partial charge in [-0.15, -0.1) is 0 Å². The number of anilines is 1. The van der Waals surface area contributed by atoms with Crippen LogP contribution in [0, 0.1) is 19.8 Å². The van der Waals surface area contributed by atoms with Crippen LogP contribution in [0.4, 0.5) is 10.5 Å². The van der Waals surface area contributed by atoms with Crippen LogP contribution in [0.5, 0.6) is 0 Å². The number of imide groups is 1. The topological polar surface area (TPSA) is 73.5 Å². The Morgan fingerprint density at radius 1 is 1.16 bits per heavy atom. The van der Waals surface area contributed by atoms with E-state index in [1.54, 1.807) is 0 Å². The van der Waals surface area contributed by atoms with Gasteiger partial charge in [-0.2, -0.15) is 0 Å². The molecule has 0 atom stereocenters. The number of carbonyl (C=O) groups is 2. The fraction of sp³-hybridized carbons (Fsp3) is 0.579. The number of hydrogen-bond donors (Lipinski definition) is 3. The summed E-state index contributed by atoms with van der Waals surface area (Å²) in [6.07, 6.45) is 3.42. The maximum atomic E-state index is 12.1. The van der Waals surface area contributed by atoms with Gasteiger partial charge in [0, 0.05) is 5.69 Å². The summed E-state index contributed by atoms with van der Waals surface area (Å²) in [5.41, 5.74) is 2.96. The van der Waals surface area contributed by atoms with E-state index < -0.39 is 6.03 Å². The lowest BCUT2D eigenvalue weighted by molar-refractivity contribution is -0.121. The van der Waals surface area contributed by atoms with Crippen molar-refractivity contribution in [2.24, 2.45) is 5.92 Å². The number of hydrogen-bond acceptors (Lipinski definition) is 4. The molecule has 3 amide bonds. The molecular formula is C19H30N4O2. The van der Waals surface area contributed by atoms with E-state index in [1.165, 1.54) is 12.0 Å². The summed E-state index contributed by atoms with van der Waals surface area (Å²) in [6, 6.07) is 5.21. The Morgan fingerprint density at radius 3 is 2.52 bits per heavy atom. The molecular weight excluding hydrogens is 316 g/mol. The Labute approximate surface area is 150 Å². The maximum absolute atomic E-state index is 12.1. The molecule has 1 aliphatic rings. The van der Waals surface area contributed by atoms with E-state index in [4.69, 9.17) is 0 Å². The summed E-state index contributed by atoms with van der Waals surface area (Å²) >= 11 is 0. The lowest BCUT2D eigenvalue weighted by Crippen LogP contribution is -2.44. The number of likely N-dealkylation sites (tertiary alicyclic amines) is 1. The minimum atomic E-state index is -0.475. The molecule has 0 unspecified atom stereocenters. The molecule has 3 N–H and O–H groups in total. The third-order valence-corrected chi connectivity index (χ3v) is 4.89. The standard InChI is InChI=1S/C19H30N4O2/c1-14-4-5-17(12-15(14)2)21-19(25)22-18(24)13-23-10-7-16(8-11-23)6-9-20-3/h4-5,12,16,20H,6-11,13H2,1-3H3,(H2,21,22,24,25). The summed E-state index contributed by atoms with van der Waals surface area (Å²) in [5.74, 6) is 0.481. The Kier molecular flexibility index (Phi) is 7.40. The zero-order valence-corrected chi connectivity index (χ0v) is 15.5. The zero-order chi connectivity index (χ0) is 18.2. The predicted octanol–water partition coefficient (Wildman–Crippen LogP) is 2.27. The Balaban J connectivity index is 1.71. The van der Waals surface area contributed by atoms with Crippen LogP contribution < -0.4 is 16.0 Å². The van der Waals surface area contributed by atoms with Crippen LogP contribution in [0.3, 0.4) is 0 Å². The van der Waals surface area contributed by atoms with E-state index >= 15 is 0 Å². The number of nitrogens with one attached hydrogen (secondary N) is 3. The number of rotatable bonds is 6. The van der Waals surface area contributed by atoms with Crippen LogP contribution in [-0.2, 0) is 4.79 Å². The second-order valence-electron chi connectivity index (χ2n) is 6.91. The Bertz CT molecular complexity index is 595. The number of urea groups is 1. The van der Waals surface area contributed by atoms with E-state index in [0.717, 1.165) is 44.0 Å². The number of carbonyl (C=O) groups excluding carboxylic acids is 2. The molecule has 25 heavy (non-hydrogen) atoms. The molecule has 0 aromatic heterocycles. The van der Waals surface area contributed by atoms with Crippen molar-refractivity contribution in [2.45, 2.75) is 33.1 Å². The average molecular weight is 346 g/mol. The Hall–Kier alpha value is -1.92. The fourth-order valence-corrected chi connectivity index (χ4v) is 3.13. The molecule has 0 spiro atoms. The molecule has 1 aromatic carbocycles. The summed E-state index contributed by atoms with van der Waals surface area (Å²) in [4.78, 5) is 26.1. The average Bonchev–Trinajstić information content (AvgIpc) is 2.57.